The van der Waals surface area contributed by atoms with Gasteiger partial charge in [-0.3, -0.25) is 0 Å². The van der Waals surface area contributed by atoms with Crippen molar-refractivity contribution < 1.29 is 14.3 Å². The van der Waals surface area contributed by atoms with Gasteiger partial charge < -0.3 is 14.3 Å². The highest BCUT2D eigenvalue weighted by Gasteiger charge is 2.68. The van der Waals surface area contributed by atoms with Crippen LogP contribution in [0.15, 0.2) is 27.6 Å². The van der Waals surface area contributed by atoms with Crippen LogP contribution in [0.2, 0.25) is 0 Å². The average Bonchev–Trinajstić information content (AvgIpc) is 3.02. The third-order valence-corrected chi connectivity index (χ3v) is 10.3. The first kappa shape index (κ1) is 19.8. The van der Waals surface area contributed by atoms with E-state index in [-0.39, 0.29) is 22.7 Å². The molecule has 1 heterocycles. The smallest absolute Gasteiger partial charge is 0.335 e. The van der Waals surface area contributed by atoms with Crippen LogP contribution in [0.1, 0.15) is 83.1 Å². The maximum atomic E-state index is 11.5. The van der Waals surface area contributed by atoms with Crippen molar-refractivity contribution in [3.63, 3.8) is 0 Å². The molecule has 1 aromatic rings. The van der Waals surface area contributed by atoms with Crippen LogP contribution in [0.25, 0.3) is 0 Å². The number of rotatable bonds is 2. The zero-order chi connectivity index (χ0) is 20.4. The summed E-state index contributed by atoms with van der Waals surface area (Å²) in [6.07, 6.45) is 11.7. The minimum Gasteiger partial charge on any atom is -0.431 e. The van der Waals surface area contributed by atoms with Crippen LogP contribution in [-0.4, -0.2) is 23.9 Å². The van der Waals surface area contributed by atoms with Gasteiger partial charge in [-0.15, -0.1) is 0 Å². The van der Waals surface area contributed by atoms with E-state index < -0.39 is 0 Å². The quantitative estimate of drug-likeness (QED) is 0.767. The van der Waals surface area contributed by atoms with Gasteiger partial charge in [-0.05, 0) is 98.5 Å². The summed E-state index contributed by atoms with van der Waals surface area (Å²) >= 11 is 0. The van der Waals surface area contributed by atoms with Gasteiger partial charge in [0.25, 0.3) is 0 Å². The second kappa shape index (κ2) is 6.68. The summed E-state index contributed by atoms with van der Waals surface area (Å²) in [7, 11) is 1.94. The van der Waals surface area contributed by atoms with Crippen LogP contribution in [-0.2, 0) is 4.74 Å². The maximum Gasteiger partial charge on any atom is 0.335 e. The van der Waals surface area contributed by atoms with E-state index in [1.807, 2.05) is 13.2 Å². The van der Waals surface area contributed by atoms with Gasteiger partial charge in [0.15, 0.2) is 0 Å². The molecule has 1 N–H and O–H groups in total. The van der Waals surface area contributed by atoms with Gasteiger partial charge in [0.1, 0.15) is 0 Å². The third kappa shape index (κ3) is 2.61. The lowest BCUT2D eigenvalue weighted by molar-refractivity contribution is -0.218. The number of ether oxygens (including phenoxy) is 1. The zero-order valence-corrected chi connectivity index (χ0v) is 18.2. The number of methoxy groups -OCH3 is 1. The molecule has 29 heavy (non-hydrogen) atoms. The van der Waals surface area contributed by atoms with E-state index in [2.05, 4.69) is 13.8 Å². The fraction of sp³-hybridized carbons (Fsp3) is 0.800. The SMILES string of the molecule is COC12CCC(c3ccc(=O)oc3)C1(C)CCC1C2CCC2CC(O)CCC21C. The van der Waals surface area contributed by atoms with Gasteiger partial charge in [0.2, 0.25) is 0 Å². The lowest BCUT2D eigenvalue weighted by Gasteiger charge is -2.64. The number of aliphatic hydroxyl groups excluding tert-OH is 1. The van der Waals surface area contributed by atoms with E-state index in [4.69, 9.17) is 9.15 Å². The standard InChI is InChI=1S/C25H36O4/c1-23-11-8-18(26)14-17(23)5-6-21-20(23)9-12-24(2)19(10-13-25(21,24)28-3)16-4-7-22(27)29-15-16/h4,7,15,17-21,26H,5-6,8-14H2,1-3H3. The summed E-state index contributed by atoms with van der Waals surface area (Å²) < 4.78 is 11.8. The van der Waals surface area contributed by atoms with Crippen molar-refractivity contribution in [1.82, 2.24) is 0 Å². The van der Waals surface area contributed by atoms with Crippen LogP contribution < -0.4 is 5.63 Å². The second-order valence-corrected chi connectivity index (χ2v) is 11.0. The van der Waals surface area contributed by atoms with Crippen molar-refractivity contribution in [2.75, 3.05) is 7.11 Å². The minimum atomic E-state index is -0.274. The van der Waals surface area contributed by atoms with Crippen molar-refractivity contribution in [2.24, 2.45) is 28.6 Å². The predicted octanol–water partition coefficient (Wildman–Crippen LogP) is 4.90. The third-order valence-electron chi connectivity index (χ3n) is 10.3. The lowest BCUT2D eigenvalue weighted by atomic mass is 9.43. The topological polar surface area (TPSA) is 59.7 Å². The number of aliphatic hydroxyl groups is 1. The molecule has 0 aromatic carbocycles. The monoisotopic (exact) mass is 400 g/mol. The minimum absolute atomic E-state index is 0.0697. The molecule has 4 nitrogen and oxygen atoms in total. The Morgan fingerprint density at radius 3 is 2.59 bits per heavy atom. The molecule has 0 radical (unpaired) electrons. The molecule has 4 aliphatic rings. The Hall–Kier alpha value is -1.13. The summed E-state index contributed by atoms with van der Waals surface area (Å²) in [6, 6.07) is 3.54. The first-order valence-electron chi connectivity index (χ1n) is 11.7. The summed E-state index contributed by atoms with van der Waals surface area (Å²) in [5.41, 5.74) is 1.20. The molecule has 0 aliphatic heterocycles. The van der Waals surface area contributed by atoms with Gasteiger partial charge in [-0.1, -0.05) is 13.8 Å². The van der Waals surface area contributed by atoms with Gasteiger partial charge in [-0.25, -0.2) is 4.79 Å². The predicted molar refractivity (Wildman–Crippen MR) is 112 cm³/mol. The molecule has 1 aromatic heterocycles. The van der Waals surface area contributed by atoms with E-state index in [1.165, 1.54) is 19.3 Å². The van der Waals surface area contributed by atoms with Crippen LogP contribution in [0.4, 0.5) is 0 Å². The molecule has 4 saturated carbocycles. The Balaban J connectivity index is 1.51. The molecular formula is C25H36O4. The van der Waals surface area contributed by atoms with Crippen LogP contribution >= 0.6 is 0 Å². The molecule has 5 rings (SSSR count). The summed E-state index contributed by atoms with van der Waals surface area (Å²) in [4.78, 5) is 11.5. The van der Waals surface area contributed by atoms with Gasteiger partial charge in [-0.2, -0.15) is 0 Å². The largest absolute Gasteiger partial charge is 0.431 e. The molecule has 0 bridgehead atoms. The Kier molecular flexibility index (Phi) is 4.57. The normalized spacial score (nSPS) is 49.2. The fourth-order valence-corrected chi connectivity index (χ4v) is 8.76. The molecule has 4 heteroatoms. The Bertz CT molecular complexity index is 812. The highest BCUT2D eigenvalue weighted by atomic mass is 16.5. The van der Waals surface area contributed by atoms with Crippen molar-refractivity contribution >= 4 is 0 Å². The zero-order valence-electron chi connectivity index (χ0n) is 18.2. The molecule has 4 aliphatic carbocycles. The Morgan fingerprint density at radius 1 is 1.03 bits per heavy atom. The van der Waals surface area contributed by atoms with Crippen molar-refractivity contribution in [1.29, 1.82) is 0 Å². The van der Waals surface area contributed by atoms with Crippen LogP contribution in [0.5, 0.6) is 0 Å². The average molecular weight is 401 g/mol. The number of hydrogen-bond acceptors (Lipinski definition) is 4. The summed E-state index contributed by atoms with van der Waals surface area (Å²) in [6.45, 7) is 4.96. The molecule has 8 atom stereocenters. The fourth-order valence-electron chi connectivity index (χ4n) is 8.76. The Morgan fingerprint density at radius 2 is 1.86 bits per heavy atom. The summed E-state index contributed by atoms with van der Waals surface area (Å²) in [5, 5.41) is 10.3. The van der Waals surface area contributed by atoms with Crippen molar-refractivity contribution in [3.05, 3.63) is 34.4 Å². The van der Waals surface area contributed by atoms with Crippen molar-refractivity contribution in [2.45, 2.75) is 89.3 Å². The van der Waals surface area contributed by atoms with E-state index >= 15 is 0 Å². The van der Waals surface area contributed by atoms with Gasteiger partial charge in [0.05, 0.1) is 18.0 Å². The first-order chi connectivity index (χ1) is 13.8. The van der Waals surface area contributed by atoms with E-state index in [0.29, 0.717) is 29.1 Å². The molecule has 0 amide bonds. The second-order valence-electron chi connectivity index (χ2n) is 11.0. The maximum absolute atomic E-state index is 11.5. The first-order valence-corrected chi connectivity index (χ1v) is 11.7. The molecule has 0 spiro atoms. The number of hydrogen-bond donors (Lipinski definition) is 1. The van der Waals surface area contributed by atoms with E-state index in [1.54, 1.807) is 12.3 Å². The van der Waals surface area contributed by atoms with Gasteiger partial charge >= 0.3 is 5.63 Å². The molecule has 4 fully saturated rings. The Labute approximate surface area is 174 Å². The van der Waals surface area contributed by atoms with E-state index in [9.17, 15) is 9.90 Å². The van der Waals surface area contributed by atoms with Crippen LogP contribution in [0, 0.1) is 28.6 Å². The molecule has 160 valence electrons. The molecular weight excluding hydrogens is 364 g/mol. The number of fused-ring (bicyclic) bond motifs is 5. The highest BCUT2D eigenvalue weighted by Crippen LogP contribution is 2.71. The van der Waals surface area contributed by atoms with Crippen LogP contribution in [0.3, 0.4) is 0 Å². The lowest BCUT2D eigenvalue weighted by Crippen LogP contribution is -2.62. The van der Waals surface area contributed by atoms with E-state index in [0.717, 1.165) is 44.1 Å². The summed E-state index contributed by atoms with van der Waals surface area (Å²) in [5.74, 6) is 2.32. The molecule has 8 unspecified atom stereocenters. The van der Waals surface area contributed by atoms with Gasteiger partial charge in [0, 0.05) is 18.6 Å². The molecule has 0 saturated heterocycles. The highest BCUT2D eigenvalue weighted by molar-refractivity contribution is 5.27. The van der Waals surface area contributed by atoms with Crippen molar-refractivity contribution in [3.8, 4) is 0 Å².